The maximum atomic E-state index is 12.5. The van der Waals surface area contributed by atoms with Crippen molar-refractivity contribution >= 4 is 10.0 Å². The molecular formula is C15H29N3O2S. The highest BCUT2D eigenvalue weighted by atomic mass is 32.2. The summed E-state index contributed by atoms with van der Waals surface area (Å²) >= 11 is 0. The molecule has 0 saturated heterocycles. The highest BCUT2D eigenvalue weighted by Gasteiger charge is 2.28. The monoisotopic (exact) mass is 315 g/mol. The first-order valence-electron chi connectivity index (χ1n) is 7.56. The quantitative estimate of drug-likeness (QED) is 0.774. The summed E-state index contributed by atoms with van der Waals surface area (Å²) in [6.07, 6.45) is 3.19. The van der Waals surface area contributed by atoms with Gasteiger partial charge in [-0.1, -0.05) is 27.7 Å². The second-order valence-electron chi connectivity index (χ2n) is 6.19. The molecule has 6 heteroatoms. The number of hydrogen-bond donors (Lipinski definition) is 2. The lowest BCUT2D eigenvalue weighted by Crippen LogP contribution is -2.44. The van der Waals surface area contributed by atoms with Crippen molar-refractivity contribution in [2.45, 2.75) is 70.5 Å². The van der Waals surface area contributed by atoms with E-state index in [0.29, 0.717) is 17.5 Å². The van der Waals surface area contributed by atoms with Crippen molar-refractivity contribution in [1.82, 2.24) is 14.6 Å². The minimum atomic E-state index is -3.48. The third kappa shape index (κ3) is 4.83. The second kappa shape index (κ2) is 6.94. The first kappa shape index (κ1) is 18.2. The molecule has 0 saturated carbocycles. The van der Waals surface area contributed by atoms with E-state index in [1.807, 2.05) is 32.4 Å². The number of aromatic nitrogens is 1. The number of rotatable bonds is 8. The lowest BCUT2D eigenvalue weighted by Gasteiger charge is -2.27. The van der Waals surface area contributed by atoms with Crippen LogP contribution in [0.5, 0.6) is 0 Å². The summed E-state index contributed by atoms with van der Waals surface area (Å²) < 4.78 is 29.7. The normalized spacial score (nSPS) is 13.1. The van der Waals surface area contributed by atoms with Crippen molar-refractivity contribution < 1.29 is 8.42 Å². The van der Waals surface area contributed by atoms with E-state index >= 15 is 0 Å². The Bertz CT molecular complexity index is 557. The maximum Gasteiger partial charge on any atom is 0.242 e. The average Bonchev–Trinajstić information content (AvgIpc) is 2.78. The van der Waals surface area contributed by atoms with Crippen LogP contribution < -0.4 is 10.0 Å². The molecule has 1 heterocycles. The molecule has 0 amide bonds. The third-order valence-electron chi connectivity index (χ3n) is 4.03. The molecule has 0 unspecified atom stereocenters. The van der Waals surface area contributed by atoms with Gasteiger partial charge in [-0.05, 0) is 25.8 Å². The van der Waals surface area contributed by atoms with Crippen LogP contribution in [0.1, 0.15) is 53.2 Å². The van der Waals surface area contributed by atoms with Gasteiger partial charge in [-0.3, -0.25) is 0 Å². The van der Waals surface area contributed by atoms with Crippen molar-refractivity contribution in [3.8, 4) is 0 Å². The van der Waals surface area contributed by atoms with Gasteiger partial charge in [0.2, 0.25) is 10.0 Å². The van der Waals surface area contributed by atoms with Gasteiger partial charge in [0.1, 0.15) is 0 Å². The van der Waals surface area contributed by atoms with Crippen molar-refractivity contribution in [2.24, 2.45) is 7.05 Å². The van der Waals surface area contributed by atoms with Crippen LogP contribution >= 0.6 is 0 Å². The van der Waals surface area contributed by atoms with Crippen LogP contribution in [-0.2, 0) is 23.6 Å². The van der Waals surface area contributed by atoms with Crippen LogP contribution in [0.3, 0.4) is 0 Å². The lowest BCUT2D eigenvalue weighted by atomic mass is 9.98. The minimum absolute atomic E-state index is 0.332. The van der Waals surface area contributed by atoms with Crippen molar-refractivity contribution in [2.75, 3.05) is 0 Å². The van der Waals surface area contributed by atoms with Gasteiger partial charge in [0.05, 0.1) is 4.90 Å². The van der Waals surface area contributed by atoms with E-state index in [0.717, 1.165) is 18.5 Å². The zero-order chi connectivity index (χ0) is 16.3. The fraction of sp³-hybridized carbons (Fsp3) is 0.733. The van der Waals surface area contributed by atoms with E-state index in [4.69, 9.17) is 0 Å². The van der Waals surface area contributed by atoms with Crippen LogP contribution in [0.25, 0.3) is 0 Å². The molecule has 1 rings (SSSR count). The number of aryl methyl sites for hydroxylation is 1. The topological polar surface area (TPSA) is 63.1 Å². The van der Waals surface area contributed by atoms with E-state index in [9.17, 15) is 8.42 Å². The van der Waals surface area contributed by atoms with E-state index in [2.05, 4.69) is 23.9 Å². The molecule has 0 aromatic carbocycles. The molecule has 0 aliphatic heterocycles. The molecule has 0 fully saturated rings. The molecule has 1 aromatic heterocycles. The van der Waals surface area contributed by atoms with Crippen molar-refractivity contribution in [3.05, 3.63) is 18.0 Å². The van der Waals surface area contributed by atoms with Gasteiger partial charge in [0.25, 0.3) is 0 Å². The SMILES string of the molecule is CCC(C)(CC)NS(=O)(=O)c1cc(CNC(C)C)n(C)c1. The Balaban J connectivity index is 2.97. The molecule has 0 radical (unpaired) electrons. The van der Waals surface area contributed by atoms with Crippen LogP contribution in [0, 0.1) is 0 Å². The Morgan fingerprint density at radius 1 is 1.29 bits per heavy atom. The molecule has 0 aliphatic carbocycles. The minimum Gasteiger partial charge on any atom is -0.352 e. The summed E-state index contributed by atoms with van der Waals surface area (Å²) in [4.78, 5) is 0.332. The fourth-order valence-corrected chi connectivity index (χ4v) is 3.63. The highest BCUT2D eigenvalue weighted by Crippen LogP contribution is 2.20. The van der Waals surface area contributed by atoms with Crippen molar-refractivity contribution in [3.63, 3.8) is 0 Å². The predicted molar refractivity (Wildman–Crippen MR) is 86.7 cm³/mol. The Kier molecular flexibility index (Phi) is 6.01. The Morgan fingerprint density at radius 2 is 1.86 bits per heavy atom. The van der Waals surface area contributed by atoms with E-state index in [-0.39, 0.29) is 0 Å². The lowest BCUT2D eigenvalue weighted by molar-refractivity contribution is 0.388. The average molecular weight is 315 g/mol. The molecule has 0 bridgehead atoms. The van der Waals surface area contributed by atoms with E-state index in [1.54, 1.807) is 12.3 Å². The van der Waals surface area contributed by atoms with Gasteiger partial charge in [0.15, 0.2) is 0 Å². The molecule has 122 valence electrons. The van der Waals surface area contributed by atoms with Crippen LogP contribution in [0.2, 0.25) is 0 Å². The first-order valence-corrected chi connectivity index (χ1v) is 9.04. The van der Waals surface area contributed by atoms with Gasteiger partial charge >= 0.3 is 0 Å². The summed E-state index contributed by atoms with van der Waals surface area (Å²) in [5, 5.41) is 3.30. The van der Waals surface area contributed by atoms with E-state index < -0.39 is 15.6 Å². The van der Waals surface area contributed by atoms with Gasteiger partial charge in [-0.25, -0.2) is 13.1 Å². The number of nitrogens with zero attached hydrogens (tertiary/aromatic N) is 1. The van der Waals surface area contributed by atoms with Crippen LogP contribution in [0.4, 0.5) is 0 Å². The number of sulfonamides is 1. The highest BCUT2D eigenvalue weighted by molar-refractivity contribution is 7.89. The van der Waals surface area contributed by atoms with Crippen LogP contribution in [-0.4, -0.2) is 24.6 Å². The zero-order valence-electron chi connectivity index (χ0n) is 14.0. The summed E-state index contributed by atoms with van der Waals surface area (Å²) in [5.74, 6) is 0. The van der Waals surface area contributed by atoms with Gasteiger partial charge in [0, 0.05) is 37.1 Å². The largest absolute Gasteiger partial charge is 0.352 e. The Labute approximate surface area is 129 Å². The fourth-order valence-electron chi connectivity index (χ4n) is 1.99. The molecule has 1 aromatic rings. The third-order valence-corrected chi connectivity index (χ3v) is 5.63. The predicted octanol–water partition coefficient (Wildman–Crippen LogP) is 2.38. The van der Waals surface area contributed by atoms with Crippen molar-refractivity contribution in [1.29, 1.82) is 0 Å². The zero-order valence-corrected chi connectivity index (χ0v) is 14.8. The number of hydrogen-bond acceptors (Lipinski definition) is 3. The second-order valence-corrected chi connectivity index (χ2v) is 7.87. The number of nitrogens with one attached hydrogen (secondary N) is 2. The molecule has 0 spiro atoms. The standard InChI is InChI=1S/C15H29N3O2S/c1-7-15(5,8-2)17-21(19,20)14-9-13(18(6)11-14)10-16-12(3)4/h9,11-12,16-17H,7-8,10H2,1-6H3. The molecule has 5 nitrogen and oxygen atoms in total. The molecule has 2 N–H and O–H groups in total. The molecule has 21 heavy (non-hydrogen) atoms. The summed E-state index contributed by atoms with van der Waals surface area (Å²) in [6.45, 7) is 10.7. The summed E-state index contributed by atoms with van der Waals surface area (Å²) in [6, 6.07) is 2.10. The van der Waals surface area contributed by atoms with E-state index in [1.165, 1.54) is 0 Å². The summed E-state index contributed by atoms with van der Waals surface area (Å²) in [7, 11) is -1.61. The molecule has 0 atom stereocenters. The molecular weight excluding hydrogens is 286 g/mol. The summed E-state index contributed by atoms with van der Waals surface area (Å²) in [5.41, 5.74) is 0.559. The van der Waals surface area contributed by atoms with Gasteiger partial charge in [-0.15, -0.1) is 0 Å². The maximum absolute atomic E-state index is 12.5. The van der Waals surface area contributed by atoms with Crippen LogP contribution in [0.15, 0.2) is 17.2 Å². The Morgan fingerprint density at radius 3 is 2.33 bits per heavy atom. The Hall–Kier alpha value is -0.850. The molecule has 0 aliphatic rings. The van der Waals surface area contributed by atoms with Gasteiger partial charge in [-0.2, -0.15) is 0 Å². The first-order chi connectivity index (χ1) is 9.63. The smallest absolute Gasteiger partial charge is 0.242 e. The van der Waals surface area contributed by atoms with Gasteiger partial charge < -0.3 is 9.88 Å².